The van der Waals surface area contributed by atoms with E-state index in [1.165, 1.54) is 11.3 Å². The molecule has 4 nitrogen and oxygen atoms in total. The lowest BCUT2D eigenvalue weighted by Gasteiger charge is -2.26. The Morgan fingerprint density at radius 1 is 1.04 bits per heavy atom. The number of thiophene rings is 1. The van der Waals surface area contributed by atoms with Gasteiger partial charge in [0.05, 0.1) is 17.5 Å². The quantitative estimate of drug-likeness (QED) is 0.726. The Labute approximate surface area is 155 Å². The summed E-state index contributed by atoms with van der Waals surface area (Å²) in [6, 6.07) is 17.8. The van der Waals surface area contributed by atoms with Gasteiger partial charge in [-0.1, -0.05) is 30.3 Å². The molecule has 130 valence electrons. The van der Waals surface area contributed by atoms with E-state index < -0.39 is 0 Å². The van der Waals surface area contributed by atoms with Gasteiger partial charge >= 0.3 is 0 Å². The Morgan fingerprint density at radius 3 is 2.77 bits per heavy atom. The minimum Gasteiger partial charge on any atom is -0.493 e. The average molecular weight is 363 g/mol. The lowest BCUT2D eigenvalue weighted by atomic mass is 10.0. The number of amides is 1. The number of benzene rings is 2. The summed E-state index contributed by atoms with van der Waals surface area (Å²) in [4.78, 5) is 14.7. The van der Waals surface area contributed by atoms with Crippen molar-refractivity contribution in [2.75, 3.05) is 6.61 Å². The van der Waals surface area contributed by atoms with Crippen LogP contribution in [0.3, 0.4) is 0 Å². The summed E-state index contributed by atoms with van der Waals surface area (Å²) in [5.74, 6) is 1.70. The molecule has 0 aliphatic carbocycles. The Hall–Kier alpha value is -2.79. The lowest BCUT2D eigenvalue weighted by Crippen LogP contribution is -2.31. The number of carbonyl (C=O) groups excluding carboxylic acids is 1. The Bertz CT molecular complexity index is 994. The first-order valence-electron chi connectivity index (χ1n) is 8.67. The van der Waals surface area contributed by atoms with Gasteiger partial charge in [0.15, 0.2) is 0 Å². The van der Waals surface area contributed by atoms with Gasteiger partial charge in [0.2, 0.25) is 0 Å². The molecule has 3 aromatic rings. The normalized spacial score (nSPS) is 17.2. The monoisotopic (exact) mass is 363 g/mol. The number of carbonyl (C=O) groups is 1. The van der Waals surface area contributed by atoms with Crippen LogP contribution < -0.4 is 14.8 Å². The van der Waals surface area contributed by atoms with E-state index in [1.54, 1.807) is 0 Å². The average Bonchev–Trinajstić information content (AvgIpc) is 3.13. The minimum absolute atomic E-state index is 0.0184. The standard InChI is InChI=1S/C21H17NO3S/c23-21(22-16-9-10-24-17-7-3-1-5-14(16)17)19-11-13-12-25-18-8-4-2-6-15(18)20(13)26-19/h1-8,11,16H,9-10,12H2,(H,22,23)/t16-/m1/s1. The number of ether oxygens (including phenoxy) is 2. The molecule has 1 aromatic heterocycles. The number of nitrogens with one attached hydrogen (secondary N) is 1. The zero-order valence-corrected chi connectivity index (χ0v) is 14.8. The van der Waals surface area contributed by atoms with Gasteiger partial charge in [0.25, 0.3) is 5.91 Å². The summed E-state index contributed by atoms with van der Waals surface area (Å²) in [5.41, 5.74) is 3.18. The predicted molar refractivity (Wildman–Crippen MR) is 101 cm³/mol. The molecule has 1 atom stereocenters. The van der Waals surface area contributed by atoms with Crippen LogP contribution in [-0.2, 0) is 6.61 Å². The highest BCUT2D eigenvalue weighted by Gasteiger charge is 2.26. The molecular formula is C21H17NO3S. The number of hydrogen-bond acceptors (Lipinski definition) is 4. The lowest BCUT2D eigenvalue weighted by molar-refractivity contribution is 0.0929. The molecule has 0 spiro atoms. The maximum atomic E-state index is 12.9. The Balaban J connectivity index is 1.43. The molecule has 0 radical (unpaired) electrons. The fourth-order valence-corrected chi connectivity index (χ4v) is 4.63. The third-order valence-corrected chi connectivity index (χ3v) is 6.02. The summed E-state index contributed by atoms with van der Waals surface area (Å²) in [7, 11) is 0. The molecule has 0 unspecified atom stereocenters. The van der Waals surface area contributed by atoms with Crippen LogP contribution in [0.1, 0.15) is 33.3 Å². The summed E-state index contributed by atoms with van der Waals surface area (Å²) < 4.78 is 11.5. The fourth-order valence-electron chi connectivity index (χ4n) is 3.53. The van der Waals surface area contributed by atoms with Gasteiger partial charge < -0.3 is 14.8 Å². The molecule has 1 amide bonds. The van der Waals surface area contributed by atoms with Crippen LogP contribution in [0.4, 0.5) is 0 Å². The summed E-state index contributed by atoms with van der Waals surface area (Å²) >= 11 is 1.53. The first-order valence-corrected chi connectivity index (χ1v) is 9.49. The van der Waals surface area contributed by atoms with Crippen molar-refractivity contribution in [2.24, 2.45) is 0 Å². The van der Waals surface area contributed by atoms with Gasteiger partial charge in [-0.05, 0) is 24.3 Å². The van der Waals surface area contributed by atoms with Crippen LogP contribution >= 0.6 is 11.3 Å². The van der Waals surface area contributed by atoms with Crippen molar-refractivity contribution in [3.63, 3.8) is 0 Å². The zero-order valence-electron chi connectivity index (χ0n) is 14.0. The van der Waals surface area contributed by atoms with Crippen molar-refractivity contribution in [2.45, 2.75) is 19.1 Å². The smallest absolute Gasteiger partial charge is 0.261 e. The molecule has 5 rings (SSSR count). The van der Waals surface area contributed by atoms with Crippen molar-refractivity contribution >= 4 is 17.2 Å². The van der Waals surface area contributed by atoms with Crippen molar-refractivity contribution < 1.29 is 14.3 Å². The molecule has 0 fully saturated rings. The van der Waals surface area contributed by atoms with Crippen LogP contribution in [0.25, 0.3) is 10.4 Å². The van der Waals surface area contributed by atoms with Gasteiger partial charge in [-0.15, -0.1) is 11.3 Å². The van der Waals surface area contributed by atoms with Crippen LogP contribution in [0.5, 0.6) is 11.5 Å². The predicted octanol–water partition coefficient (Wildman–Crippen LogP) is 4.56. The second-order valence-corrected chi connectivity index (χ2v) is 7.50. The fraction of sp³-hybridized carbons (Fsp3) is 0.190. The molecule has 2 aromatic carbocycles. The van der Waals surface area contributed by atoms with Gasteiger partial charge in [-0.3, -0.25) is 4.79 Å². The molecule has 1 N–H and O–H groups in total. The van der Waals surface area contributed by atoms with E-state index in [0.29, 0.717) is 13.2 Å². The van der Waals surface area contributed by atoms with E-state index in [0.717, 1.165) is 44.4 Å². The van der Waals surface area contributed by atoms with E-state index in [-0.39, 0.29) is 11.9 Å². The zero-order chi connectivity index (χ0) is 17.5. The van der Waals surface area contributed by atoms with Crippen LogP contribution in [0.2, 0.25) is 0 Å². The van der Waals surface area contributed by atoms with Gasteiger partial charge in [0, 0.05) is 28.0 Å². The van der Waals surface area contributed by atoms with Crippen molar-refractivity contribution in [3.05, 3.63) is 70.6 Å². The molecule has 2 aliphatic rings. The molecule has 0 saturated heterocycles. The van der Waals surface area contributed by atoms with Crippen molar-refractivity contribution in [1.29, 1.82) is 0 Å². The topological polar surface area (TPSA) is 47.6 Å². The second kappa shape index (κ2) is 6.18. The molecule has 0 bridgehead atoms. The van der Waals surface area contributed by atoms with Gasteiger partial charge in [-0.25, -0.2) is 0 Å². The molecule has 2 aliphatic heterocycles. The maximum Gasteiger partial charge on any atom is 0.261 e. The Morgan fingerprint density at radius 2 is 1.85 bits per heavy atom. The van der Waals surface area contributed by atoms with E-state index >= 15 is 0 Å². The van der Waals surface area contributed by atoms with E-state index in [2.05, 4.69) is 5.32 Å². The largest absolute Gasteiger partial charge is 0.493 e. The molecule has 5 heteroatoms. The van der Waals surface area contributed by atoms with Crippen LogP contribution in [-0.4, -0.2) is 12.5 Å². The molecule has 3 heterocycles. The van der Waals surface area contributed by atoms with E-state index in [1.807, 2.05) is 54.6 Å². The molecule has 0 saturated carbocycles. The minimum atomic E-state index is -0.0383. The summed E-state index contributed by atoms with van der Waals surface area (Å²) in [6.07, 6.45) is 0.778. The van der Waals surface area contributed by atoms with Crippen LogP contribution in [0, 0.1) is 0 Å². The van der Waals surface area contributed by atoms with Crippen LogP contribution in [0.15, 0.2) is 54.6 Å². The maximum absolute atomic E-state index is 12.9. The molecule has 26 heavy (non-hydrogen) atoms. The third-order valence-electron chi connectivity index (χ3n) is 4.81. The summed E-state index contributed by atoms with van der Waals surface area (Å²) in [5, 5.41) is 3.18. The highest BCUT2D eigenvalue weighted by Crippen LogP contribution is 2.42. The SMILES string of the molecule is O=C(N[C@@H]1CCOc2ccccc21)c1cc2c(s1)-c1ccccc1OC2. The van der Waals surface area contributed by atoms with E-state index in [9.17, 15) is 4.79 Å². The highest BCUT2D eigenvalue weighted by molar-refractivity contribution is 7.17. The van der Waals surface area contributed by atoms with E-state index in [4.69, 9.17) is 9.47 Å². The first-order chi connectivity index (χ1) is 12.8. The summed E-state index contributed by atoms with van der Waals surface area (Å²) in [6.45, 7) is 1.13. The Kier molecular flexibility index (Phi) is 3.68. The van der Waals surface area contributed by atoms with Crippen molar-refractivity contribution in [1.82, 2.24) is 5.32 Å². The third kappa shape index (κ3) is 2.56. The second-order valence-electron chi connectivity index (χ2n) is 6.45. The first kappa shape index (κ1) is 15.5. The highest BCUT2D eigenvalue weighted by atomic mass is 32.1. The number of fused-ring (bicyclic) bond motifs is 4. The van der Waals surface area contributed by atoms with Gasteiger partial charge in [-0.2, -0.15) is 0 Å². The number of hydrogen-bond donors (Lipinski definition) is 1. The van der Waals surface area contributed by atoms with Gasteiger partial charge in [0.1, 0.15) is 18.1 Å². The van der Waals surface area contributed by atoms with Crippen molar-refractivity contribution in [3.8, 4) is 21.9 Å². The number of rotatable bonds is 2. The molecular weight excluding hydrogens is 346 g/mol. The number of para-hydroxylation sites is 2.